The lowest BCUT2D eigenvalue weighted by Gasteiger charge is -2.38. The van der Waals surface area contributed by atoms with E-state index in [1.807, 2.05) is 53.7 Å². The summed E-state index contributed by atoms with van der Waals surface area (Å²) in [7, 11) is 1.60. The molecule has 3 aliphatic rings. The Morgan fingerprint density at radius 3 is 2.56 bits per heavy atom. The van der Waals surface area contributed by atoms with Crippen molar-refractivity contribution in [1.82, 2.24) is 20.2 Å². The van der Waals surface area contributed by atoms with Crippen LogP contribution >= 0.6 is 0 Å². The van der Waals surface area contributed by atoms with Crippen LogP contribution in [0.1, 0.15) is 118 Å². The van der Waals surface area contributed by atoms with Crippen molar-refractivity contribution in [1.29, 1.82) is 0 Å². The minimum absolute atomic E-state index is 0.0862. The molecular formula is C38H56N4O6. The second kappa shape index (κ2) is 14.2. The van der Waals surface area contributed by atoms with Crippen LogP contribution in [0.2, 0.25) is 0 Å². The van der Waals surface area contributed by atoms with E-state index in [2.05, 4.69) is 17.2 Å². The number of Topliss-reactive ketones (excluding diaryl/α,β-unsaturated/α-hetero) is 1. The van der Waals surface area contributed by atoms with Crippen molar-refractivity contribution >= 4 is 28.8 Å². The molecule has 0 bridgehead atoms. The maximum Gasteiger partial charge on any atom is 0.408 e. The lowest BCUT2D eigenvalue weighted by Crippen LogP contribution is -2.58. The van der Waals surface area contributed by atoms with Gasteiger partial charge in [0.05, 0.1) is 24.2 Å². The third-order valence-corrected chi connectivity index (χ3v) is 11.3. The summed E-state index contributed by atoms with van der Waals surface area (Å²) < 4.78 is 11.5. The Labute approximate surface area is 285 Å². The number of aromatic amines is 1. The molecule has 7 atom stereocenters. The summed E-state index contributed by atoms with van der Waals surface area (Å²) in [5.41, 5.74) is 0.734. The average Bonchev–Trinajstić information content (AvgIpc) is 3.51. The first kappa shape index (κ1) is 35.9. The number of nitrogens with one attached hydrogen (secondary N) is 2. The molecule has 2 aliphatic carbocycles. The maximum atomic E-state index is 14.0. The Hall–Kier alpha value is -3.43. The number of hydrogen-bond donors (Lipinski definition) is 2. The largest absolute Gasteiger partial charge is 0.497 e. The van der Waals surface area contributed by atoms with Crippen molar-refractivity contribution in [3.63, 3.8) is 0 Å². The van der Waals surface area contributed by atoms with Crippen LogP contribution in [0.15, 0.2) is 23.0 Å². The monoisotopic (exact) mass is 664 g/mol. The van der Waals surface area contributed by atoms with Gasteiger partial charge in [0, 0.05) is 24.4 Å². The maximum absolute atomic E-state index is 14.0. The molecule has 2 aromatic rings. The van der Waals surface area contributed by atoms with Crippen molar-refractivity contribution in [2.45, 2.75) is 130 Å². The number of benzene rings is 1. The number of methoxy groups -OCH3 is 1. The molecule has 2 saturated carbocycles. The van der Waals surface area contributed by atoms with E-state index < -0.39 is 29.2 Å². The first-order valence-electron chi connectivity index (χ1n) is 18.1. The zero-order valence-corrected chi connectivity index (χ0v) is 30.2. The van der Waals surface area contributed by atoms with E-state index in [9.17, 15) is 19.2 Å². The number of hydrogen-bond acceptors (Lipinski definition) is 7. The molecule has 10 nitrogen and oxygen atoms in total. The smallest absolute Gasteiger partial charge is 0.408 e. The van der Waals surface area contributed by atoms with E-state index in [-0.39, 0.29) is 40.9 Å². The van der Waals surface area contributed by atoms with Gasteiger partial charge in [-0.05, 0) is 87.2 Å². The first-order valence-corrected chi connectivity index (χ1v) is 18.1. The van der Waals surface area contributed by atoms with Crippen LogP contribution in [0.3, 0.4) is 0 Å². The minimum Gasteiger partial charge on any atom is -0.497 e. The molecule has 3 fully saturated rings. The molecule has 5 rings (SSSR count). The van der Waals surface area contributed by atoms with E-state index in [0.717, 1.165) is 63.3 Å². The lowest BCUT2D eigenvalue weighted by molar-refractivity contribution is -0.143. The molecule has 48 heavy (non-hydrogen) atoms. The standard InChI is InChI=1S/C38H56N4O6/c1-9-23-17-19-42(31(23)32(43)22(2)3)35(45)33(37(4,5)6)41-36(46)48-38(7)18-11-14-25(38)13-10-12-24-20-27(24)30-34(44)40-29-21-26(47-8)15-16-28(29)39-30/h15-16,21-25,27,31,33H,9-14,17-20H2,1-8H3,(H,40,44)(H,41,46). The van der Waals surface area contributed by atoms with E-state index in [1.54, 1.807) is 18.1 Å². The van der Waals surface area contributed by atoms with Gasteiger partial charge in [0.2, 0.25) is 5.91 Å². The van der Waals surface area contributed by atoms with Crippen molar-refractivity contribution in [3.8, 4) is 5.75 Å². The van der Waals surface area contributed by atoms with Gasteiger partial charge >= 0.3 is 6.09 Å². The number of fused-ring (bicyclic) bond motifs is 1. The lowest BCUT2D eigenvalue weighted by atomic mass is 9.84. The first-order chi connectivity index (χ1) is 22.7. The fourth-order valence-corrected chi connectivity index (χ4v) is 8.21. The number of H-pyrrole nitrogens is 1. The Kier molecular flexibility index (Phi) is 10.6. The van der Waals surface area contributed by atoms with Crippen LogP contribution in [-0.4, -0.2) is 64.0 Å². The summed E-state index contributed by atoms with van der Waals surface area (Å²) in [6.45, 7) is 14.2. The van der Waals surface area contributed by atoms with Gasteiger partial charge in [0.15, 0.2) is 5.78 Å². The fraction of sp³-hybridized carbons (Fsp3) is 0.711. The highest BCUT2D eigenvalue weighted by molar-refractivity contribution is 5.94. The van der Waals surface area contributed by atoms with E-state index in [4.69, 9.17) is 14.5 Å². The summed E-state index contributed by atoms with van der Waals surface area (Å²) >= 11 is 0. The highest BCUT2D eigenvalue weighted by Gasteiger charge is 2.48. The van der Waals surface area contributed by atoms with Crippen molar-refractivity contribution in [2.75, 3.05) is 13.7 Å². The van der Waals surface area contributed by atoms with Gasteiger partial charge in [-0.3, -0.25) is 14.4 Å². The molecule has 1 aromatic carbocycles. The second-order valence-corrected chi connectivity index (χ2v) is 16.1. The van der Waals surface area contributed by atoms with Crippen LogP contribution in [0.5, 0.6) is 5.75 Å². The van der Waals surface area contributed by atoms with Crippen LogP contribution in [-0.2, 0) is 14.3 Å². The molecule has 1 aromatic heterocycles. The molecule has 1 saturated heterocycles. The summed E-state index contributed by atoms with van der Waals surface area (Å²) in [5.74, 6) is 1.34. The average molecular weight is 665 g/mol. The third kappa shape index (κ3) is 7.57. The van der Waals surface area contributed by atoms with Gasteiger partial charge in [0.1, 0.15) is 23.1 Å². The zero-order chi connectivity index (χ0) is 35.0. The molecule has 2 N–H and O–H groups in total. The number of likely N-dealkylation sites (tertiary alicyclic amines) is 1. The van der Waals surface area contributed by atoms with Gasteiger partial charge in [-0.25, -0.2) is 9.78 Å². The van der Waals surface area contributed by atoms with Crippen LogP contribution < -0.4 is 15.6 Å². The number of rotatable bonds is 12. The summed E-state index contributed by atoms with van der Waals surface area (Å²) in [6, 6.07) is 4.25. The summed E-state index contributed by atoms with van der Waals surface area (Å²) in [5, 5.41) is 2.95. The van der Waals surface area contributed by atoms with Gasteiger partial charge < -0.3 is 24.7 Å². The predicted molar refractivity (Wildman–Crippen MR) is 186 cm³/mol. The number of ketones is 1. The van der Waals surface area contributed by atoms with Gasteiger partial charge in [0.25, 0.3) is 5.56 Å². The molecule has 0 radical (unpaired) electrons. The molecule has 1 aliphatic heterocycles. The van der Waals surface area contributed by atoms with Crippen LogP contribution in [0.25, 0.3) is 11.0 Å². The van der Waals surface area contributed by atoms with Crippen molar-refractivity contribution in [2.24, 2.45) is 29.1 Å². The molecular weight excluding hydrogens is 608 g/mol. The third-order valence-electron chi connectivity index (χ3n) is 11.3. The SMILES string of the molecule is CCC1CCN(C(=O)C(NC(=O)OC2(C)CCCC2CCCC2CC2c2nc3ccc(OC)cc3[nH]c2=O)C(C)(C)C)C1C(=O)C(C)C. The summed E-state index contributed by atoms with van der Waals surface area (Å²) in [4.78, 5) is 63.0. The normalized spacial score (nSPS) is 27.7. The number of carbonyl (C=O) groups is 3. The Bertz CT molecular complexity index is 1560. The van der Waals surface area contributed by atoms with Crippen LogP contribution in [0, 0.1) is 29.1 Å². The predicted octanol–water partition coefficient (Wildman–Crippen LogP) is 6.76. The van der Waals surface area contributed by atoms with Gasteiger partial charge in [-0.1, -0.05) is 54.4 Å². The molecule has 2 heterocycles. The van der Waals surface area contributed by atoms with Gasteiger partial charge in [-0.2, -0.15) is 0 Å². The highest BCUT2D eigenvalue weighted by Crippen LogP contribution is 2.50. The van der Waals surface area contributed by atoms with Crippen LogP contribution in [0.4, 0.5) is 4.79 Å². The number of alkyl carbamates (subject to hydrolysis) is 1. The van der Waals surface area contributed by atoms with Gasteiger partial charge in [-0.15, -0.1) is 0 Å². The number of amides is 2. The van der Waals surface area contributed by atoms with E-state index >= 15 is 0 Å². The number of aromatic nitrogens is 2. The summed E-state index contributed by atoms with van der Waals surface area (Å²) in [6.07, 6.45) is 7.67. The number of carbonyl (C=O) groups excluding carboxylic acids is 3. The fourth-order valence-electron chi connectivity index (χ4n) is 8.21. The topological polar surface area (TPSA) is 131 Å². The quantitative estimate of drug-likeness (QED) is 0.256. The van der Waals surface area contributed by atoms with Crippen molar-refractivity contribution in [3.05, 3.63) is 34.2 Å². The molecule has 2 amide bonds. The molecule has 264 valence electrons. The van der Waals surface area contributed by atoms with Crippen molar-refractivity contribution < 1.29 is 23.9 Å². The second-order valence-electron chi connectivity index (χ2n) is 16.1. The molecule has 10 heteroatoms. The zero-order valence-electron chi connectivity index (χ0n) is 30.2. The number of ether oxygens (including phenoxy) is 2. The molecule has 7 unspecified atom stereocenters. The highest BCUT2D eigenvalue weighted by atomic mass is 16.6. The van der Waals surface area contributed by atoms with E-state index in [0.29, 0.717) is 29.4 Å². The Morgan fingerprint density at radius 2 is 1.90 bits per heavy atom. The van der Waals surface area contributed by atoms with E-state index in [1.165, 1.54) is 0 Å². The molecule has 0 spiro atoms. The minimum atomic E-state index is -0.813. The Morgan fingerprint density at radius 1 is 1.15 bits per heavy atom. The Balaban J connectivity index is 1.17. The number of nitrogens with zero attached hydrogens (tertiary/aromatic N) is 2.